The zero-order chi connectivity index (χ0) is 15.8. The van der Waals surface area contributed by atoms with E-state index < -0.39 is 0 Å². The van der Waals surface area contributed by atoms with Gasteiger partial charge in [0.15, 0.2) is 0 Å². The van der Waals surface area contributed by atoms with Crippen LogP contribution in [0.5, 0.6) is 0 Å². The zero-order valence-electron chi connectivity index (χ0n) is 13.1. The molecule has 23 heavy (non-hydrogen) atoms. The summed E-state index contributed by atoms with van der Waals surface area (Å²) in [7, 11) is 0. The number of hydrogen-bond acceptors (Lipinski definition) is 4. The number of carbonyl (C=O) groups is 2. The van der Waals surface area contributed by atoms with E-state index in [1.54, 1.807) is 0 Å². The first kappa shape index (κ1) is 15.1. The summed E-state index contributed by atoms with van der Waals surface area (Å²) in [6, 6.07) is 1.84. The van der Waals surface area contributed by atoms with Gasteiger partial charge < -0.3 is 15.0 Å². The maximum absolute atomic E-state index is 12.4. The number of ether oxygens (including phenoxy) is 1. The Bertz CT molecular complexity index is 585. The number of nitrogens with zero attached hydrogens (tertiary/aromatic N) is 1. The van der Waals surface area contributed by atoms with Crippen molar-refractivity contribution in [2.24, 2.45) is 17.8 Å². The highest BCUT2D eigenvalue weighted by molar-refractivity contribution is 7.08. The van der Waals surface area contributed by atoms with Crippen LogP contribution in [0.2, 0.25) is 0 Å². The lowest BCUT2D eigenvalue weighted by atomic mass is 9.84. The molecular weight excluding hydrogens is 312 g/mol. The number of carbonyl (C=O) groups excluding carboxylic acids is 2. The summed E-state index contributed by atoms with van der Waals surface area (Å²) in [6.45, 7) is 2.83. The maximum Gasteiger partial charge on any atom is 0.252 e. The Balaban J connectivity index is 1.31. The molecule has 124 valence electrons. The Morgan fingerprint density at radius 3 is 2.91 bits per heavy atom. The van der Waals surface area contributed by atoms with Crippen molar-refractivity contribution in [2.75, 3.05) is 26.2 Å². The molecule has 2 saturated heterocycles. The van der Waals surface area contributed by atoms with Gasteiger partial charge in [0.25, 0.3) is 5.91 Å². The second-order valence-corrected chi connectivity index (χ2v) is 7.67. The van der Waals surface area contributed by atoms with Gasteiger partial charge in [-0.05, 0) is 24.3 Å². The minimum atomic E-state index is -0.0184. The van der Waals surface area contributed by atoms with Crippen LogP contribution in [-0.2, 0) is 9.53 Å². The fourth-order valence-corrected chi connectivity index (χ4v) is 4.46. The molecule has 2 aliphatic heterocycles. The molecule has 1 saturated carbocycles. The van der Waals surface area contributed by atoms with E-state index in [0.29, 0.717) is 30.9 Å². The quantitative estimate of drug-likeness (QED) is 0.913. The van der Waals surface area contributed by atoms with Crippen LogP contribution in [0.15, 0.2) is 16.8 Å². The Morgan fingerprint density at radius 2 is 2.22 bits per heavy atom. The van der Waals surface area contributed by atoms with Gasteiger partial charge in [-0.2, -0.15) is 11.3 Å². The van der Waals surface area contributed by atoms with E-state index >= 15 is 0 Å². The second kappa shape index (κ2) is 6.24. The first-order valence-electron chi connectivity index (χ1n) is 8.43. The highest BCUT2D eigenvalue weighted by Crippen LogP contribution is 2.36. The van der Waals surface area contributed by atoms with Crippen LogP contribution in [0.25, 0.3) is 0 Å². The van der Waals surface area contributed by atoms with Crippen LogP contribution < -0.4 is 5.32 Å². The molecule has 3 aliphatic rings. The Hall–Kier alpha value is -1.40. The molecule has 0 unspecified atom stereocenters. The summed E-state index contributed by atoms with van der Waals surface area (Å²) in [5, 5.41) is 6.78. The number of fused-ring (bicyclic) bond motifs is 1. The molecule has 1 aliphatic carbocycles. The molecule has 0 aromatic carbocycles. The average Bonchev–Trinajstić information content (AvgIpc) is 3.20. The smallest absolute Gasteiger partial charge is 0.252 e. The van der Waals surface area contributed by atoms with Gasteiger partial charge in [-0.15, -0.1) is 0 Å². The fourth-order valence-electron chi connectivity index (χ4n) is 3.82. The lowest BCUT2D eigenvalue weighted by Crippen LogP contribution is -2.39. The number of thiophene rings is 1. The minimum Gasteiger partial charge on any atom is -0.376 e. The van der Waals surface area contributed by atoms with Crippen molar-refractivity contribution in [1.29, 1.82) is 0 Å². The summed E-state index contributed by atoms with van der Waals surface area (Å²) in [4.78, 5) is 26.4. The van der Waals surface area contributed by atoms with Gasteiger partial charge in [0.2, 0.25) is 5.91 Å². The van der Waals surface area contributed by atoms with Crippen molar-refractivity contribution in [2.45, 2.75) is 25.4 Å². The SMILES string of the molecule is O=C(NC[C@@H]1CO[C@@H]2CN(C(=O)C3CCC3)C[C@H]12)c1ccsc1. The molecule has 6 heteroatoms. The third-order valence-corrected chi connectivity index (χ3v) is 6.20. The lowest BCUT2D eigenvalue weighted by Gasteiger charge is -2.29. The van der Waals surface area contributed by atoms with Crippen molar-refractivity contribution >= 4 is 23.2 Å². The molecule has 3 atom stereocenters. The third-order valence-electron chi connectivity index (χ3n) is 5.51. The van der Waals surface area contributed by atoms with E-state index in [1.807, 2.05) is 21.7 Å². The third kappa shape index (κ3) is 2.90. The first-order chi connectivity index (χ1) is 11.2. The molecule has 4 rings (SSSR count). The summed E-state index contributed by atoms with van der Waals surface area (Å²) in [6.07, 6.45) is 3.43. The van der Waals surface area contributed by atoms with Crippen molar-refractivity contribution < 1.29 is 14.3 Å². The molecule has 0 spiro atoms. The predicted molar refractivity (Wildman–Crippen MR) is 87.3 cm³/mol. The number of amides is 2. The molecule has 0 radical (unpaired) electrons. The maximum atomic E-state index is 12.4. The Morgan fingerprint density at radius 1 is 1.35 bits per heavy atom. The molecule has 1 aromatic heterocycles. The van der Waals surface area contributed by atoms with Gasteiger partial charge in [-0.3, -0.25) is 9.59 Å². The number of hydrogen-bond donors (Lipinski definition) is 1. The van der Waals surface area contributed by atoms with Crippen LogP contribution in [-0.4, -0.2) is 49.1 Å². The van der Waals surface area contributed by atoms with Crippen molar-refractivity contribution in [3.63, 3.8) is 0 Å². The van der Waals surface area contributed by atoms with Crippen LogP contribution >= 0.6 is 11.3 Å². The highest BCUT2D eigenvalue weighted by atomic mass is 32.1. The molecular formula is C17H22N2O3S. The van der Waals surface area contributed by atoms with Gasteiger partial charge in [-0.25, -0.2) is 0 Å². The van der Waals surface area contributed by atoms with Crippen molar-refractivity contribution in [3.8, 4) is 0 Å². The molecule has 3 heterocycles. The molecule has 3 fully saturated rings. The van der Waals surface area contributed by atoms with Gasteiger partial charge >= 0.3 is 0 Å². The van der Waals surface area contributed by atoms with Gasteiger partial charge in [0.05, 0.1) is 12.7 Å². The highest BCUT2D eigenvalue weighted by Gasteiger charge is 2.46. The molecule has 1 N–H and O–H groups in total. The van der Waals surface area contributed by atoms with E-state index in [1.165, 1.54) is 17.8 Å². The molecule has 2 amide bonds. The standard InChI is InChI=1S/C17H22N2O3S/c20-16(12-4-5-23-10-12)18-6-13-9-22-15-8-19(7-14(13)15)17(21)11-2-1-3-11/h4-5,10-11,13-15H,1-3,6-9H2,(H,18,20)/t13-,14-,15-/m1/s1. The summed E-state index contributed by atoms with van der Waals surface area (Å²) >= 11 is 1.53. The molecule has 0 bridgehead atoms. The number of likely N-dealkylation sites (tertiary alicyclic amines) is 1. The average molecular weight is 334 g/mol. The topological polar surface area (TPSA) is 58.6 Å². The normalized spacial score (nSPS) is 30.1. The van der Waals surface area contributed by atoms with Crippen molar-refractivity contribution in [1.82, 2.24) is 10.2 Å². The van der Waals surface area contributed by atoms with E-state index in [-0.39, 0.29) is 17.9 Å². The van der Waals surface area contributed by atoms with Crippen LogP contribution in [0.1, 0.15) is 29.6 Å². The number of rotatable bonds is 4. The fraction of sp³-hybridized carbons (Fsp3) is 0.647. The molecule has 5 nitrogen and oxygen atoms in total. The van der Waals surface area contributed by atoms with Gasteiger partial charge in [0, 0.05) is 48.3 Å². The van der Waals surface area contributed by atoms with E-state index in [9.17, 15) is 9.59 Å². The largest absolute Gasteiger partial charge is 0.376 e. The van der Waals surface area contributed by atoms with E-state index in [4.69, 9.17) is 4.74 Å². The van der Waals surface area contributed by atoms with Crippen LogP contribution in [0.4, 0.5) is 0 Å². The van der Waals surface area contributed by atoms with Gasteiger partial charge in [-0.1, -0.05) is 6.42 Å². The number of nitrogens with one attached hydrogen (secondary N) is 1. The monoisotopic (exact) mass is 334 g/mol. The first-order valence-corrected chi connectivity index (χ1v) is 9.37. The summed E-state index contributed by atoms with van der Waals surface area (Å²) < 4.78 is 5.88. The summed E-state index contributed by atoms with van der Waals surface area (Å²) in [5.74, 6) is 1.22. The predicted octanol–water partition coefficient (Wildman–Crippen LogP) is 1.75. The van der Waals surface area contributed by atoms with Gasteiger partial charge in [0.1, 0.15) is 0 Å². The minimum absolute atomic E-state index is 0.0184. The van der Waals surface area contributed by atoms with Crippen molar-refractivity contribution in [3.05, 3.63) is 22.4 Å². The Kier molecular flexibility index (Phi) is 4.11. The van der Waals surface area contributed by atoms with E-state index in [2.05, 4.69) is 5.32 Å². The zero-order valence-corrected chi connectivity index (χ0v) is 13.9. The summed E-state index contributed by atoms with van der Waals surface area (Å²) in [5.41, 5.74) is 0.721. The Labute approximate surface area is 140 Å². The van der Waals surface area contributed by atoms with E-state index in [0.717, 1.165) is 31.5 Å². The lowest BCUT2D eigenvalue weighted by molar-refractivity contribution is -0.137. The molecule has 1 aromatic rings. The van der Waals surface area contributed by atoms with Crippen LogP contribution in [0.3, 0.4) is 0 Å². The van der Waals surface area contributed by atoms with Crippen LogP contribution in [0, 0.1) is 17.8 Å². The second-order valence-electron chi connectivity index (χ2n) is 6.89.